The number of thiazole rings is 1. The third-order valence-electron chi connectivity index (χ3n) is 3.67. The minimum Gasteiger partial charge on any atom is -0.456 e. The summed E-state index contributed by atoms with van der Waals surface area (Å²) in [6.45, 7) is 2.85. The van der Waals surface area contributed by atoms with E-state index in [1.807, 2.05) is 36.7 Å². The van der Waals surface area contributed by atoms with Crippen molar-refractivity contribution < 1.29 is 4.42 Å². The summed E-state index contributed by atoms with van der Waals surface area (Å²) in [4.78, 5) is 5.55. The van der Waals surface area contributed by atoms with Crippen molar-refractivity contribution in [1.82, 2.24) is 4.98 Å². The van der Waals surface area contributed by atoms with Crippen LogP contribution in [-0.4, -0.2) is 4.98 Å². The van der Waals surface area contributed by atoms with Gasteiger partial charge in [-0.15, -0.1) is 11.3 Å². The largest absolute Gasteiger partial charge is 0.456 e. The number of anilines is 1. The normalized spacial score (nSPS) is 11.3. The van der Waals surface area contributed by atoms with Crippen molar-refractivity contribution in [2.45, 2.75) is 13.5 Å². The molecule has 1 N–H and O–H groups in total. The molecule has 0 radical (unpaired) electrons. The van der Waals surface area contributed by atoms with E-state index in [-0.39, 0.29) is 0 Å². The lowest BCUT2D eigenvalue weighted by atomic mass is 10.1. The molecule has 3 nitrogen and oxygen atoms in total. The summed E-state index contributed by atoms with van der Waals surface area (Å²) in [7, 11) is 0. The maximum absolute atomic E-state index is 5.84. The third-order valence-corrected chi connectivity index (χ3v) is 4.61. The molecule has 4 rings (SSSR count). The number of benzene rings is 2. The Morgan fingerprint density at radius 2 is 1.95 bits per heavy atom. The van der Waals surface area contributed by atoms with E-state index in [0.29, 0.717) is 0 Å². The van der Waals surface area contributed by atoms with Gasteiger partial charge >= 0.3 is 0 Å². The van der Waals surface area contributed by atoms with E-state index in [9.17, 15) is 0 Å². The Bertz CT molecular complexity index is 923. The van der Waals surface area contributed by atoms with E-state index in [2.05, 4.69) is 28.5 Å². The molecule has 0 fully saturated rings. The van der Waals surface area contributed by atoms with Gasteiger partial charge in [0.05, 0.1) is 17.7 Å². The molecule has 0 aliphatic heterocycles. The first-order valence-corrected chi connectivity index (χ1v) is 7.73. The Morgan fingerprint density at radius 1 is 1.10 bits per heavy atom. The molecule has 104 valence electrons. The van der Waals surface area contributed by atoms with Gasteiger partial charge in [0.25, 0.3) is 0 Å². The van der Waals surface area contributed by atoms with Gasteiger partial charge in [0.1, 0.15) is 11.2 Å². The molecular formula is C17H14N2OS. The van der Waals surface area contributed by atoms with Gasteiger partial charge in [0.2, 0.25) is 0 Å². The molecule has 2 heterocycles. The molecule has 0 aliphatic carbocycles. The Hall–Kier alpha value is -2.33. The average Bonchev–Trinajstić information content (AvgIpc) is 3.08. The molecule has 0 saturated carbocycles. The summed E-state index contributed by atoms with van der Waals surface area (Å²) >= 11 is 1.68. The number of nitrogens with one attached hydrogen (secondary N) is 1. The van der Waals surface area contributed by atoms with E-state index in [1.54, 1.807) is 11.3 Å². The van der Waals surface area contributed by atoms with Gasteiger partial charge in [-0.1, -0.05) is 18.2 Å². The summed E-state index contributed by atoms with van der Waals surface area (Å²) in [6, 6.07) is 14.4. The topological polar surface area (TPSA) is 38.1 Å². The SMILES string of the molecule is Cc1ncsc1CNc1ccc2oc3ccccc3c2c1. The van der Waals surface area contributed by atoms with Crippen LogP contribution in [0.5, 0.6) is 0 Å². The smallest absolute Gasteiger partial charge is 0.135 e. The zero-order valence-electron chi connectivity index (χ0n) is 11.6. The van der Waals surface area contributed by atoms with Gasteiger partial charge in [0.15, 0.2) is 0 Å². The minimum absolute atomic E-state index is 0.803. The zero-order valence-corrected chi connectivity index (χ0v) is 12.4. The standard InChI is InChI=1S/C17H14N2OS/c1-11-17(21-10-19-11)9-18-12-6-7-16-14(8-12)13-4-2-3-5-15(13)20-16/h2-8,10,18H,9H2,1H3. The molecule has 0 spiro atoms. The Morgan fingerprint density at radius 3 is 2.81 bits per heavy atom. The quantitative estimate of drug-likeness (QED) is 0.580. The highest BCUT2D eigenvalue weighted by Gasteiger charge is 2.07. The highest BCUT2D eigenvalue weighted by atomic mass is 32.1. The summed E-state index contributed by atoms with van der Waals surface area (Å²) in [5.41, 5.74) is 5.95. The fourth-order valence-electron chi connectivity index (χ4n) is 2.51. The van der Waals surface area contributed by atoms with Gasteiger partial charge in [-0.05, 0) is 31.2 Å². The Labute approximate surface area is 126 Å². The molecule has 4 aromatic rings. The van der Waals surface area contributed by atoms with E-state index in [0.717, 1.165) is 39.9 Å². The molecule has 0 bridgehead atoms. The van der Waals surface area contributed by atoms with Crippen molar-refractivity contribution in [1.29, 1.82) is 0 Å². The van der Waals surface area contributed by atoms with E-state index >= 15 is 0 Å². The monoisotopic (exact) mass is 294 g/mol. The van der Waals surface area contributed by atoms with E-state index in [1.165, 1.54) is 4.88 Å². The van der Waals surface area contributed by atoms with Crippen LogP contribution >= 0.6 is 11.3 Å². The number of aryl methyl sites for hydroxylation is 1. The minimum atomic E-state index is 0.803. The fraction of sp³-hybridized carbons (Fsp3) is 0.118. The maximum atomic E-state index is 5.84. The number of fused-ring (bicyclic) bond motifs is 3. The van der Waals surface area contributed by atoms with Gasteiger partial charge < -0.3 is 9.73 Å². The molecule has 0 amide bonds. The van der Waals surface area contributed by atoms with Crippen molar-refractivity contribution in [3.63, 3.8) is 0 Å². The zero-order chi connectivity index (χ0) is 14.2. The molecular weight excluding hydrogens is 280 g/mol. The third kappa shape index (κ3) is 2.17. The summed E-state index contributed by atoms with van der Waals surface area (Å²) in [6.07, 6.45) is 0. The lowest BCUT2D eigenvalue weighted by molar-refractivity contribution is 0.669. The van der Waals surface area contributed by atoms with Crippen LogP contribution in [0.4, 0.5) is 5.69 Å². The van der Waals surface area contributed by atoms with Gasteiger partial charge in [0, 0.05) is 21.3 Å². The number of rotatable bonds is 3. The van der Waals surface area contributed by atoms with Gasteiger partial charge in [-0.25, -0.2) is 4.98 Å². The highest BCUT2D eigenvalue weighted by Crippen LogP contribution is 2.30. The molecule has 0 unspecified atom stereocenters. The maximum Gasteiger partial charge on any atom is 0.135 e. The lowest BCUT2D eigenvalue weighted by Gasteiger charge is -2.05. The Kier molecular flexibility index (Phi) is 2.89. The first-order chi connectivity index (χ1) is 10.3. The summed E-state index contributed by atoms with van der Waals surface area (Å²) in [5, 5.41) is 5.77. The van der Waals surface area contributed by atoms with Crippen LogP contribution in [0.1, 0.15) is 10.6 Å². The number of hydrogen-bond donors (Lipinski definition) is 1. The van der Waals surface area contributed by atoms with Crippen LogP contribution in [0.2, 0.25) is 0 Å². The van der Waals surface area contributed by atoms with Gasteiger partial charge in [-0.3, -0.25) is 0 Å². The van der Waals surface area contributed by atoms with Crippen molar-refractivity contribution in [3.8, 4) is 0 Å². The van der Waals surface area contributed by atoms with Crippen molar-refractivity contribution >= 4 is 39.0 Å². The first-order valence-electron chi connectivity index (χ1n) is 6.85. The number of para-hydroxylation sites is 1. The Balaban J connectivity index is 1.69. The summed E-state index contributed by atoms with van der Waals surface area (Å²) < 4.78 is 5.84. The van der Waals surface area contributed by atoms with Crippen LogP contribution in [0.3, 0.4) is 0 Å². The number of nitrogens with zero attached hydrogens (tertiary/aromatic N) is 1. The molecule has 0 atom stereocenters. The van der Waals surface area contributed by atoms with Crippen molar-refractivity contribution in [3.05, 3.63) is 58.5 Å². The number of aromatic nitrogens is 1. The highest BCUT2D eigenvalue weighted by molar-refractivity contribution is 7.09. The second kappa shape index (κ2) is 4.90. The molecule has 2 aromatic carbocycles. The summed E-state index contributed by atoms with van der Waals surface area (Å²) in [5.74, 6) is 0. The number of hydrogen-bond acceptors (Lipinski definition) is 4. The molecule has 2 aromatic heterocycles. The average molecular weight is 294 g/mol. The van der Waals surface area contributed by atoms with Crippen LogP contribution in [-0.2, 0) is 6.54 Å². The van der Waals surface area contributed by atoms with Crippen molar-refractivity contribution in [2.24, 2.45) is 0 Å². The van der Waals surface area contributed by atoms with Crippen LogP contribution in [0.25, 0.3) is 21.9 Å². The molecule has 4 heteroatoms. The predicted octanol–water partition coefficient (Wildman–Crippen LogP) is 4.96. The predicted molar refractivity (Wildman–Crippen MR) is 87.9 cm³/mol. The molecule has 0 saturated heterocycles. The first kappa shape index (κ1) is 12.4. The number of furan rings is 1. The lowest BCUT2D eigenvalue weighted by Crippen LogP contribution is -1.98. The van der Waals surface area contributed by atoms with Crippen LogP contribution in [0.15, 0.2) is 52.4 Å². The molecule has 0 aliphatic rings. The van der Waals surface area contributed by atoms with Crippen LogP contribution in [0, 0.1) is 6.92 Å². The van der Waals surface area contributed by atoms with E-state index in [4.69, 9.17) is 4.42 Å². The van der Waals surface area contributed by atoms with Crippen LogP contribution < -0.4 is 5.32 Å². The van der Waals surface area contributed by atoms with Crippen molar-refractivity contribution in [2.75, 3.05) is 5.32 Å². The van der Waals surface area contributed by atoms with Gasteiger partial charge in [-0.2, -0.15) is 0 Å². The fourth-order valence-corrected chi connectivity index (χ4v) is 3.23. The second-order valence-electron chi connectivity index (χ2n) is 5.02. The second-order valence-corrected chi connectivity index (χ2v) is 5.96. The van der Waals surface area contributed by atoms with E-state index < -0.39 is 0 Å². The molecule has 21 heavy (non-hydrogen) atoms.